The average Bonchev–Trinajstić information content (AvgIpc) is 3.97. The first-order valence-electron chi connectivity index (χ1n) is 28.7. The van der Waals surface area contributed by atoms with Gasteiger partial charge < -0.3 is 14.2 Å². The van der Waals surface area contributed by atoms with Crippen molar-refractivity contribution in [3.05, 3.63) is 199 Å². The van der Waals surface area contributed by atoms with Crippen molar-refractivity contribution in [1.82, 2.24) is 19.1 Å². The van der Waals surface area contributed by atoms with E-state index in [1.807, 2.05) is 99.8 Å². The number of benzene rings is 7. The Balaban J connectivity index is 1.08. The summed E-state index contributed by atoms with van der Waals surface area (Å²) in [6.45, 7) is 2.29. The van der Waals surface area contributed by atoms with Crippen LogP contribution in [0.15, 0.2) is 182 Å². The van der Waals surface area contributed by atoms with Gasteiger partial charge in [0.2, 0.25) is 0 Å². The number of aromatic nitrogens is 4. The fourth-order valence-electron chi connectivity index (χ4n) is 10.5. The normalized spacial score (nSPS) is 15.5. The number of hydrogen-bond acceptors (Lipinski definition) is 4. The number of anilines is 2. The molecule has 6 nitrogen and oxygen atoms in total. The van der Waals surface area contributed by atoms with Crippen LogP contribution in [0.3, 0.4) is 0 Å². The first-order valence-corrected chi connectivity index (χ1v) is 24.2. The minimum atomic E-state index is -3.47. The van der Waals surface area contributed by atoms with Crippen LogP contribution in [0.1, 0.15) is 91.1 Å². The van der Waals surface area contributed by atoms with E-state index in [0.29, 0.717) is 39.2 Å². The van der Waals surface area contributed by atoms with Crippen LogP contribution >= 0.6 is 0 Å². The Morgan fingerprint density at radius 3 is 1.93 bits per heavy atom. The van der Waals surface area contributed by atoms with Crippen LogP contribution in [0, 0.1) is 0 Å². The van der Waals surface area contributed by atoms with Crippen molar-refractivity contribution >= 4 is 76.7 Å². The monoisotopic (exact) mass is 935 g/mol. The van der Waals surface area contributed by atoms with Crippen molar-refractivity contribution in [2.45, 2.75) is 85.0 Å². The van der Waals surface area contributed by atoms with Gasteiger partial charge in [-0.15, -0.1) is 0 Å². The zero-order valence-corrected chi connectivity index (χ0v) is 40.7. The van der Waals surface area contributed by atoms with E-state index in [2.05, 4.69) is 120 Å². The minimum absolute atomic E-state index is 0.0803. The van der Waals surface area contributed by atoms with E-state index >= 15 is 0 Å². The molecule has 0 N–H and O–H groups in total. The summed E-state index contributed by atoms with van der Waals surface area (Å²) in [5.74, 6) is 2.09. The molecule has 6 heteroatoms. The van der Waals surface area contributed by atoms with Crippen LogP contribution in [0.5, 0.6) is 11.5 Å². The lowest BCUT2D eigenvalue weighted by atomic mass is 9.79. The van der Waals surface area contributed by atoms with Crippen molar-refractivity contribution in [2.75, 3.05) is 4.90 Å². The molecule has 0 saturated carbocycles. The highest BCUT2D eigenvalue weighted by Crippen LogP contribution is 2.46. The van der Waals surface area contributed by atoms with Gasteiger partial charge in [0.15, 0.2) is 0 Å². The number of rotatable bonds is 5. The molecule has 350 valence electrons. The standard InChI is InChI=1S/C65H59N5O/c1-63(2,3)42-31-33-66-59(37-42)70-56-27-13-12-22-51(56)52-30-29-47(39-58(52)70)71-46-19-14-18-45(38-46)68-40-69-61-48(41-34-43(64(4,5)6)36-44(35-41)65(7,8)9)23-15-25-55(61)60-53(26-17-32-67-60)49-20-10-11-21-50(49)54-24-16-28-57(68)62(54)69/h10-39H,40H2,1-9H3/i4D3,5D3,6D3. The Morgan fingerprint density at radius 1 is 0.479 bits per heavy atom. The minimum Gasteiger partial charge on any atom is -0.457 e. The molecule has 0 fully saturated rings. The summed E-state index contributed by atoms with van der Waals surface area (Å²) in [6, 6.07) is 56.1. The maximum Gasteiger partial charge on any atom is 0.137 e. The zero-order chi connectivity index (χ0) is 56.5. The molecule has 0 bridgehead atoms. The van der Waals surface area contributed by atoms with Crippen LogP contribution in [-0.2, 0) is 22.9 Å². The summed E-state index contributed by atoms with van der Waals surface area (Å²) in [6.07, 6.45) is 3.64. The quantitative estimate of drug-likeness (QED) is 0.173. The smallest absolute Gasteiger partial charge is 0.137 e. The fourth-order valence-corrected chi connectivity index (χ4v) is 10.5. The van der Waals surface area contributed by atoms with E-state index in [1.54, 1.807) is 6.20 Å². The second-order valence-electron chi connectivity index (χ2n) is 20.9. The molecule has 5 heterocycles. The van der Waals surface area contributed by atoms with Gasteiger partial charge in [0.25, 0.3) is 0 Å². The molecule has 12 rings (SSSR count). The summed E-state index contributed by atoms with van der Waals surface area (Å²) in [5.41, 5.74) is 4.60. The Labute approximate surface area is 428 Å². The molecule has 0 saturated heterocycles. The van der Waals surface area contributed by atoms with E-state index in [-0.39, 0.29) is 17.6 Å². The number of para-hydroxylation sites is 3. The van der Waals surface area contributed by atoms with Crippen molar-refractivity contribution in [2.24, 2.45) is 0 Å². The molecule has 71 heavy (non-hydrogen) atoms. The molecule has 11 aromatic rings. The number of hydrogen-bond donors (Lipinski definition) is 0. The molecule has 0 unspecified atom stereocenters. The summed E-state index contributed by atoms with van der Waals surface area (Å²) in [4.78, 5) is 12.2. The molecule has 0 aliphatic carbocycles. The maximum absolute atomic E-state index is 8.79. The highest BCUT2D eigenvalue weighted by atomic mass is 16.5. The lowest BCUT2D eigenvalue weighted by Crippen LogP contribution is -2.17. The van der Waals surface area contributed by atoms with Crippen molar-refractivity contribution in [1.29, 1.82) is 0 Å². The van der Waals surface area contributed by atoms with Crippen LogP contribution in [0.2, 0.25) is 0 Å². The summed E-state index contributed by atoms with van der Waals surface area (Å²) in [5, 5.41) is 6.75. The highest BCUT2D eigenvalue weighted by molar-refractivity contribution is 6.21. The summed E-state index contributed by atoms with van der Waals surface area (Å²) < 4.78 is 90.4. The van der Waals surface area contributed by atoms with E-state index in [1.165, 1.54) is 17.7 Å². The summed E-state index contributed by atoms with van der Waals surface area (Å²) >= 11 is 0. The van der Waals surface area contributed by atoms with Crippen LogP contribution < -0.4 is 9.64 Å². The Bertz CT molecular complexity index is 4350. The van der Waals surface area contributed by atoms with Crippen molar-refractivity contribution in [3.63, 3.8) is 0 Å². The fraction of sp³-hybridized carbons (Fsp3) is 0.200. The first kappa shape index (κ1) is 35.2. The van der Waals surface area contributed by atoms with Gasteiger partial charge in [-0.3, -0.25) is 9.55 Å². The first-order chi connectivity index (χ1) is 37.8. The SMILES string of the molecule is [2H]C([2H])([2H])C(c1cc(-c2cccc3c4ncccc4c4ccccc4c4cccc5c4n(c23)CN5c2cccc(Oc3ccc4c5ccccc5n(-c5cc(C(C)(C)C)ccn5)c4c3)c2)cc(C(C)(C)C)c1)(C([2H])([2H])[2H])C([2H])([2H])[2H]. The predicted molar refractivity (Wildman–Crippen MR) is 299 cm³/mol. The lowest BCUT2D eigenvalue weighted by molar-refractivity contribution is 0.483. The summed E-state index contributed by atoms with van der Waals surface area (Å²) in [7, 11) is 0. The van der Waals surface area contributed by atoms with Crippen LogP contribution in [0.25, 0.3) is 82.2 Å². The van der Waals surface area contributed by atoms with Gasteiger partial charge in [0, 0.05) is 75.0 Å². The Kier molecular flexibility index (Phi) is 8.08. The molecule has 0 radical (unpaired) electrons. The largest absolute Gasteiger partial charge is 0.457 e. The third-order valence-electron chi connectivity index (χ3n) is 14.1. The van der Waals surface area contributed by atoms with E-state index in [0.717, 1.165) is 71.4 Å². The number of nitrogens with zero attached hydrogens (tertiary/aromatic N) is 5. The van der Waals surface area contributed by atoms with E-state index in [4.69, 9.17) is 27.0 Å². The van der Waals surface area contributed by atoms with Gasteiger partial charge >= 0.3 is 0 Å². The number of pyridine rings is 2. The topological polar surface area (TPSA) is 48.1 Å². The second kappa shape index (κ2) is 16.3. The van der Waals surface area contributed by atoms with Gasteiger partial charge in [0.1, 0.15) is 24.0 Å². The molecule has 0 spiro atoms. The molecule has 0 atom stereocenters. The molecule has 1 aliphatic rings. The number of fused-ring (bicyclic) bond motifs is 10. The average molecular weight is 935 g/mol. The van der Waals surface area contributed by atoms with Crippen LogP contribution in [0.4, 0.5) is 11.4 Å². The molecular formula is C65H59N5O. The van der Waals surface area contributed by atoms with Gasteiger partial charge in [-0.05, 0) is 104 Å². The predicted octanol–water partition coefficient (Wildman–Crippen LogP) is 17.6. The van der Waals surface area contributed by atoms with Gasteiger partial charge in [-0.25, -0.2) is 4.98 Å². The van der Waals surface area contributed by atoms with Gasteiger partial charge in [-0.1, -0.05) is 165 Å². The molecule has 0 amide bonds. The highest BCUT2D eigenvalue weighted by Gasteiger charge is 2.28. The van der Waals surface area contributed by atoms with Gasteiger partial charge in [-0.2, -0.15) is 0 Å². The molecular weight excluding hydrogens is 867 g/mol. The third-order valence-corrected chi connectivity index (χ3v) is 14.1. The van der Waals surface area contributed by atoms with Crippen molar-refractivity contribution in [3.8, 4) is 28.4 Å². The van der Waals surface area contributed by atoms with E-state index < -0.39 is 31.4 Å². The Hall–Kier alpha value is -7.96. The maximum atomic E-state index is 8.79. The number of ether oxygens (including phenoxy) is 1. The van der Waals surface area contributed by atoms with E-state index in [9.17, 15) is 0 Å². The van der Waals surface area contributed by atoms with Crippen LogP contribution in [-0.4, -0.2) is 19.1 Å². The lowest BCUT2D eigenvalue weighted by Gasteiger charge is -2.27. The molecule has 1 aliphatic heterocycles. The Morgan fingerprint density at radius 2 is 1.14 bits per heavy atom. The molecule has 4 aromatic heterocycles. The third kappa shape index (κ3) is 7.56. The van der Waals surface area contributed by atoms with Crippen molar-refractivity contribution < 1.29 is 17.1 Å². The second-order valence-corrected chi connectivity index (χ2v) is 20.9. The molecule has 7 aromatic carbocycles. The van der Waals surface area contributed by atoms with Gasteiger partial charge in [0.05, 0.1) is 33.3 Å². The zero-order valence-electron chi connectivity index (χ0n) is 49.7.